The van der Waals surface area contributed by atoms with Crippen LogP contribution < -0.4 is 4.74 Å². The number of aliphatic hydroxyl groups excluding tert-OH is 1. The van der Waals surface area contributed by atoms with Crippen molar-refractivity contribution >= 4 is 11.6 Å². The fourth-order valence-corrected chi connectivity index (χ4v) is 3.65. The first-order chi connectivity index (χ1) is 16.8. The van der Waals surface area contributed by atoms with Crippen LogP contribution in [0.4, 0.5) is 13.2 Å². The predicted octanol–water partition coefficient (Wildman–Crippen LogP) is 4.14. The van der Waals surface area contributed by atoms with E-state index in [1.54, 1.807) is 25.1 Å². The lowest BCUT2D eigenvalue weighted by molar-refractivity contribution is -0.141. The van der Waals surface area contributed by atoms with Crippen LogP contribution >= 0.6 is 0 Å². The zero-order valence-corrected chi connectivity index (χ0v) is 18.9. The average molecular weight is 489 g/mol. The molecule has 0 aliphatic heterocycles. The minimum Gasteiger partial charge on any atom is -0.462 e. The number of hydrogen-bond acceptors (Lipinski definition) is 7. The molecule has 12 heteroatoms. The van der Waals surface area contributed by atoms with Crippen LogP contribution in [0.15, 0.2) is 43.0 Å². The molecule has 0 unspecified atom stereocenters. The Labute approximate surface area is 197 Å². The van der Waals surface area contributed by atoms with Gasteiger partial charge in [-0.15, -0.1) is 0 Å². The van der Waals surface area contributed by atoms with E-state index in [0.717, 1.165) is 4.68 Å². The summed E-state index contributed by atoms with van der Waals surface area (Å²) in [7, 11) is 0. The molecule has 0 saturated heterocycles. The Balaban J connectivity index is 1.73. The zero-order valence-electron chi connectivity index (χ0n) is 18.9. The SMILES string of the molecule is CCOC(=O)c1ccc(Oc2nccn3c(-c4cn(CCO)nc4C(F)(F)F)cnc23)cc1CC. The summed E-state index contributed by atoms with van der Waals surface area (Å²) < 4.78 is 54.3. The van der Waals surface area contributed by atoms with E-state index in [0.29, 0.717) is 23.3 Å². The number of halogens is 3. The molecule has 4 rings (SSSR count). The molecule has 0 fully saturated rings. The fourth-order valence-electron chi connectivity index (χ4n) is 3.65. The monoisotopic (exact) mass is 489 g/mol. The van der Waals surface area contributed by atoms with Crippen molar-refractivity contribution in [1.82, 2.24) is 24.1 Å². The second-order valence-electron chi connectivity index (χ2n) is 7.44. The second kappa shape index (κ2) is 9.74. The van der Waals surface area contributed by atoms with Crippen molar-refractivity contribution in [2.75, 3.05) is 13.2 Å². The third kappa shape index (κ3) is 4.83. The van der Waals surface area contributed by atoms with Gasteiger partial charge in [-0.3, -0.25) is 9.08 Å². The zero-order chi connectivity index (χ0) is 25.2. The molecule has 0 spiro atoms. The molecule has 0 amide bonds. The van der Waals surface area contributed by atoms with Crippen molar-refractivity contribution in [3.05, 3.63) is 59.8 Å². The van der Waals surface area contributed by atoms with Gasteiger partial charge in [0, 0.05) is 18.6 Å². The molecule has 4 aromatic rings. The van der Waals surface area contributed by atoms with E-state index in [1.165, 1.54) is 29.2 Å². The number of aryl methyl sites for hydroxylation is 1. The van der Waals surface area contributed by atoms with Crippen LogP contribution in [-0.2, 0) is 23.9 Å². The summed E-state index contributed by atoms with van der Waals surface area (Å²) in [6.45, 7) is 3.42. The summed E-state index contributed by atoms with van der Waals surface area (Å²) in [5, 5.41) is 12.7. The standard InChI is InChI=1S/C23H22F3N5O4/c1-3-14-11-15(5-6-16(14)22(33)34-4-2)35-21-20-28-12-18(31(20)8-7-27-21)17-13-30(9-10-32)29-19(17)23(24,25)26/h5-8,11-13,32H,3-4,9-10H2,1-2H3. The van der Waals surface area contributed by atoms with Crippen LogP contribution in [0, 0.1) is 0 Å². The molecule has 9 nitrogen and oxygen atoms in total. The van der Waals surface area contributed by atoms with E-state index in [-0.39, 0.29) is 42.5 Å². The molecule has 35 heavy (non-hydrogen) atoms. The summed E-state index contributed by atoms with van der Waals surface area (Å²) >= 11 is 0. The maximum Gasteiger partial charge on any atom is 0.435 e. The number of fused-ring (bicyclic) bond motifs is 1. The van der Waals surface area contributed by atoms with Gasteiger partial charge in [-0.25, -0.2) is 14.8 Å². The van der Waals surface area contributed by atoms with Gasteiger partial charge in [0.25, 0.3) is 5.88 Å². The van der Waals surface area contributed by atoms with E-state index < -0.39 is 17.8 Å². The minimum atomic E-state index is -4.70. The number of benzene rings is 1. The van der Waals surface area contributed by atoms with E-state index in [4.69, 9.17) is 14.6 Å². The minimum absolute atomic E-state index is 0.0704. The van der Waals surface area contributed by atoms with Gasteiger partial charge in [0.05, 0.1) is 42.8 Å². The summed E-state index contributed by atoms with van der Waals surface area (Å²) in [6.07, 6.45) is 1.19. The van der Waals surface area contributed by atoms with Crippen molar-refractivity contribution in [1.29, 1.82) is 0 Å². The molecule has 1 aromatic carbocycles. The Bertz CT molecular complexity index is 1360. The molecule has 0 aliphatic rings. The molecule has 184 valence electrons. The molecule has 0 radical (unpaired) electrons. The van der Waals surface area contributed by atoms with Gasteiger partial charge in [-0.2, -0.15) is 18.3 Å². The Morgan fingerprint density at radius 1 is 1.20 bits per heavy atom. The van der Waals surface area contributed by atoms with Gasteiger partial charge in [-0.1, -0.05) is 6.92 Å². The van der Waals surface area contributed by atoms with Crippen molar-refractivity contribution in [2.24, 2.45) is 0 Å². The van der Waals surface area contributed by atoms with Crippen LogP contribution in [-0.4, -0.2) is 48.4 Å². The van der Waals surface area contributed by atoms with Gasteiger partial charge >= 0.3 is 12.1 Å². The topological polar surface area (TPSA) is 104 Å². The number of rotatable bonds is 8. The maximum atomic E-state index is 13.6. The van der Waals surface area contributed by atoms with Crippen LogP contribution in [0.2, 0.25) is 0 Å². The molecule has 3 heterocycles. The molecule has 0 atom stereocenters. The highest BCUT2D eigenvalue weighted by atomic mass is 19.4. The average Bonchev–Trinajstić information content (AvgIpc) is 3.44. The third-order valence-corrected chi connectivity index (χ3v) is 5.20. The number of carbonyl (C=O) groups excluding carboxylic acids is 1. The Kier molecular flexibility index (Phi) is 6.74. The van der Waals surface area contributed by atoms with Gasteiger partial charge < -0.3 is 14.6 Å². The Morgan fingerprint density at radius 2 is 2.00 bits per heavy atom. The van der Waals surface area contributed by atoms with Crippen molar-refractivity contribution in [2.45, 2.75) is 33.0 Å². The van der Waals surface area contributed by atoms with Crippen molar-refractivity contribution in [3.8, 4) is 22.9 Å². The van der Waals surface area contributed by atoms with Crippen LogP contribution in [0.1, 0.15) is 35.5 Å². The molecular formula is C23H22F3N5O4. The first-order valence-electron chi connectivity index (χ1n) is 10.8. The van der Waals surface area contributed by atoms with Gasteiger partial charge in [0.15, 0.2) is 5.69 Å². The molecule has 1 N–H and O–H groups in total. The van der Waals surface area contributed by atoms with Crippen molar-refractivity contribution < 1.29 is 32.5 Å². The molecule has 0 bridgehead atoms. The summed E-state index contributed by atoms with van der Waals surface area (Å²) in [5.74, 6) is 0.0176. The van der Waals surface area contributed by atoms with Gasteiger partial charge in [0.2, 0.25) is 5.65 Å². The lowest BCUT2D eigenvalue weighted by Gasteiger charge is -2.11. The number of nitrogens with zero attached hydrogens (tertiary/aromatic N) is 5. The Hall–Kier alpha value is -3.93. The van der Waals surface area contributed by atoms with E-state index in [9.17, 15) is 18.0 Å². The number of aromatic nitrogens is 5. The predicted molar refractivity (Wildman–Crippen MR) is 118 cm³/mol. The number of carbonyl (C=O) groups is 1. The molecule has 0 saturated carbocycles. The third-order valence-electron chi connectivity index (χ3n) is 5.20. The highest BCUT2D eigenvalue weighted by molar-refractivity contribution is 5.91. The van der Waals surface area contributed by atoms with Crippen LogP contribution in [0.25, 0.3) is 16.9 Å². The largest absolute Gasteiger partial charge is 0.462 e. The number of ether oxygens (including phenoxy) is 2. The van der Waals surface area contributed by atoms with Gasteiger partial charge in [0.1, 0.15) is 5.75 Å². The van der Waals surface area contributed by atoms with Crippen LogP contribution in [0.5, 0.6) is 11.6 Å². The van der Waals surface area contributed by atoms with E-state index >= 15 is 0 Å². The number of imidazole rings is 1. The normalized spacial score (nSPS) is 11.7. The Morgan fingerprint density at radius 3 is 2.69 bits per heavy atom. The number of alkyl halides is 3. The highest BCUT2D eigenvalue weighted by Crippen LogP contribution is 2.37. The smallest absolute Gasteiger partial charge is 0.435 e. The maximum absolute atomic E-state index is 13.6. The number of hydrogen-bond donors (Lipinski definition) is 1. The summed E-state index contributed by atoms with van der Waals surface area (Å²) in [6, 6.07) is 4.86. The number of aliphatic hydroxyl groups is 1. The lowest BCUT2D eigenvalue weighted by atomic mass is 10.1. The van der Waals surface area contributed by atoms with Crippen LogP contribution in [0.3, 0.4) is 0 Å². The van der Waals surface area contributed by atoms with Gasteiger partial charge in [-0.05, 0) is 37.1 Å². The lowest BCUT2D eigenvalue weighted by Crippen LogP contribution is -2.10. The summed E-state index contributed by atoms with van der Waals surface area (Å²) in [4.78, 5) is 20.6. The molecule has 0 aliphatic carbocycles. The molecule has 3 aromatic heterocycles. The van der Waals surface area contributed by atoms with E-state index in [2.05, 4.69) is 15.1 Å². The second-order valence-corrected chi connectivity index (χ2v) is 7.44. The number of esters is 1. The first kappa shape index (κ1) is 24.2. The van der Waals surface area contributed by atoms with Crippen molar-refractivity contribution in [3.63, 3.8) is 0 Å². The quantitative estimate of drug-likeness (QED) is 0.371. The molecular weight excluding hydrogens is 467 g/mol. The van der Waals surface area contributed by atoms with E-state index in [1.807, 2.05) is 6.92 Å². The fraction of sp³-hybridized carbons (Fsp3) is 0.304. The highest BCUT2D eigenvalue weighted by Gasteiger charge is 2.38. The first-order valence-corrected chi connectivity index (χ1v) is 10.8. The summed E-state index contributed by atoms with van der Waals surface area (Å²) in [5.41, 5.74) is 0.184.